The van der Waals surface area contributed by atoms with Crippen LogP contribution in [0.2, 0.25) is 0 Å². The smallest absolute Gasteiger partial charge is 0.0625 e. The Morgan fingerprint density at radius 3 is 2.90 bits per heavy atom. The first-order valence-corrected chi connectivity index (χ1v) is 4.08. The van der Waals surface area contributed by atoms with E-state index in [1.54, 1.807) is 0 Å². The lowest BCUT2D eigenvalue weighted by atomic mass is 10.0. The van der Waals surface area contributed by atoms with Gasteiger partial charge in [-0.05, 0) is 20.4 Å². The maximum absolute atomic E-state index is 5.39. The van der Waals surface area contributed by atoms with Gasteiger partial charge in [-0.25, -0.2) is 0 Å². The van der Waals surface area contributed by atoms with E-state index in [4.69, 9.17) is 4.74 Å². The zero-order chi connectivity index (χ0) is 7.14. The summed E-state index contributed by atoms with van der Waals surface area (Å²) in [4.78, 5) is 2.46. The first-order chi connectivity index (χ1) is 4.79. The van der Waals surface area contributed by atoms with E-state index in [9.17, 15) is 0 Å². The van der Waals surface area contributed by atoms with Crippen molar-refractivity contribution in [3.8, 4) is 0 Å². The van der Waals surface area contributed by atoms with Crippen molar-refractivity contribution in [1.29, 1.82) is 0 Å². The molecule has 3 atom stereocenters. The second-order valence-corrected chi connectivity index (χ2v) is 3.62. The molecule has 0 aliphatic carbocycles. The van der Waals surface area contributed by atoms with Crippen LogP contribution >= 0.6 is 0 Å². The number of rotatable bonds is 0. The van der Waals surface area contributed by atoms with E-state index in [0.717, 1.165) is 31.2 Å². The van der Waals surface area contributed by atoms with Crippen LogP contribution in [0.5, 0.6) is 0 Å². The summed E-state index contributed by atoms with van der Waals surface area (Å²) < 4.78 is 5.39. The molecular weight excluding hydrogens is 126 g/mol. The molecule has 58 valence electrons. The molecule has 3 unspecified atom stereocenters. The van der Waals surface area contributed by atoms with Crippen LogP contribution < -0.4 is 0 Å². The van der Waals surface area contributed by atoms with Gasteiger partial charge in [-0.1, -0.05) is 0 Å². The molecule has 2 nitrogen and oxygen atoms in total. The number of hydrogen-bond acceptors (Lipinski definition) is 2. The number of ether oxygens (including phenoxy) is 1. The number of nitrogens with zero attached hydrogens (tertiary/aromatic N) is 1. The molecule has 2 aliphatic heterocycles. The van der Waals surface area contributed by atoms with Gasteiger partial charge in [0.2, 0.25) is 0 Å². The highest BCUT2D eigenvalue weighted by atomic mass is 16.5. The van der Waals surface area contributed by atoms with Crippen molar-refractivity contribution in [2.75, 3.05) is 20.3 Å². The molecular formula is C8H15NO. The van der Waals surface area contributed by atoms with E-state index in [1.165, 1.54) is 6.42 Å². The van der Waals surface area contributed by atoms with Gasteiger partial charge < -0.3 is 4.74 Å². The summed E-state index contributed by atoms with van der Waals surface area (Å²) in [5.41, 5.74) is 0. The summed E-state index contributed by atoms with van der Waals surface area (Å²) >= 11 is 0. The third kappa shape index (κ3) is 0.789. The zero-order valence-corrected chi connectivity index (χ0v) is 6.71. The Bertz CT molecular complexity index is 135. The highest BCUT2D eigenvalue weighted by molar-refractivity contribution is 4.92. The predicted molar refractivity (Wildman–Crippen MR) is 39.9 cm³/mol. The Morgan fingerprint density at radius 2 is 2.20 bits per heavy atom. The Kier molecular flexibility index (Phi) is 1.46. The van der Waals surface area contributed by atoms with Crippen LogP contribution in [0.25, 0.3) is 0 Å². The lowest BCUT2D eigenvalue weighted by molar-refractivity contribution is 0.141. The highest BCUT2D eigenvalue weighted by Crippen LogP contribution is 2.32. The molecule has 0 amide bonds. The van der Waals surface area contributed by atoms with Gasteiger partial charge >= 0.3 is 0 Å². The monoisotopic (exact) mass is 141 g/mol. The Balaban J connectivity index is 2.09. The second kappa shape index (κ2) is 2.21. The van der Waals surface area contributed by atoms with Crippen LogP contribution in [0.1, 0.15) is 13.3 Å². The van der Waals surface area contributed by atoms with Gasteiger partial charge in [0.15, 0.2) is 0 Å². The Hall–Kier alpha value is -0.0800. The normalized spacial score (nSPS) is 48.0. The van der Waals surface area contributed by atoms with E-state index in [0.29, 0.717) is 0 Å². The molecule has 2 rings (SSSR count). The van der Waals surface area contributed by atoms with Gasteiger partial charge in [-0.15, -0.1) is 0 Å². The first-order valence-electron chi connectivity index (χ1n) is 4.08. The van der Waals surface area contributed by atoms with E-state index < -0.39 is 0 Å². The van der Waals surface area contributed by atoms with Crippen molar-refractivity contribution in [2.24, 2.45) is 5.92 Å². The minimum Gasteiger partial charge on any atom is -0.379 e. The summed E-state index contributed by atoms with van der Waals surface area (Å²) in [6.45, 7) is 4.27. The Labute approximate surface area is 62.2 Å². The number of likely N-dealkylation sites (tertiary alicyclic amines) is 1. The molecule has 2 saturated heterocycles. The molecule has 2 heterocycles. The van der Waals surface area contributed by atoms with Crippen molar-refractivity contribution < 1.29 is 4.74 Å². The Morgan fingerprint density at radius 1 is 1.40 bits per heavy atom. The van der Waals surface area contributed by atoms with Crippen LogP contribution in [-0.2, 0) is 4.74 Å². The zero-order valence-electron chi connectivity index (χ0n) is 6.71. The van der Waals surface area contributed by atoms with Gasteiger partial charge in [0, 0.05) is 18.0 Å². The molecule has 0 saturated carbocycles. The van der Waals surface area contributed by atoms with Gasteiger partial charge in [-0.2, -0.15) is 0 Å². The van der Waals surface area contributed by atoms with E-state index in [-0.39, 0.29) is 0 Å². The van der Waals surface area contributed by atoms with Crippen LogP contribution in [0, 0.1) is 5.92 Å². The maximum Gasteiger partial charge on any atom is 0.0625 e. The fourth-order valence-corrected chi connectivity index (χ4v) is 2.19. The molecule has 2 heteroatoms. The van der Waals surface area contributed by atoms with Crippen LogP contribution in [0.15, 0.2) is 0 Å². The molecule has 0 aromatic heterocycles. The van der Waals surface area contributed by atoms with E-state index >= 15 is 0 Å². The SMILES string of the molecule is CC1CC2COCC2N1C. The molecule has 10 heavy (non-hydrogen) atoms. The van der Waals surface area contributed by atoms with E-state index in [2.05, 4.69) is 18.9 Å². The van der Waals surface area contributed by atoms with Crippen molar-refractivity contribution in [1.82, 2.24) is 4.90 Å². The van der Waals surface area contributed by atoms with Crippen molar-refractivity contribution in [3.05, 3.63) is 0 Å². The molecule has 0 aromatic rings. The third-order valence-electron chi connectivity index (χ3n) is 3.03. The fraction of sp³-hybridized carbons (Fsp3) is 1.00. The molecule has 0 bridgehead atoms. The standard InChI is InChI=1S/C8H15NO/c1-6-3-7-4-10-5-8(7)9(6)2/h6-8H,3-5H2,1-2H3. The molecule has 2 aliphatic rings. The van der Waals surface area contributed by atoms with Crippen LogP contribution in [0.4, 0.5) is 0 Å². The molecule has 0 aromatic carbocycles. The topological polar surface area (TPSA) is 12.5 Å². The second-order valence-electron chi connectivity index (χ2n) is 3.62. The summed E-state index contributed by atoms with van der Waals surface area (Å²) in [7, 11) is 2.21. The highest BCUT2D eigenvalue weighted by Gasteiger charge is 2.40. The number of likely N-dealkylation sites (N-methyl/N-ethyl adjacent to an activating group) is 1. The molecule has 0 radical (unpaired) electrons. The van der Waals surface area contributed by atoms with Gasteiger partial charge in [0.25, 0.3) is 0 Å². The predicted octanol–water partition coefficient (Wildman–Crippen LogP) is 0.725. The van der Waals surface area contributed by atoms with E-state index in [1.807, 2.05) is 0 Å². The number of hydrogen-bond donors (Lipinski definition) is 0. The van der Waals surface area contributed by atoms with Crippen molar-refractivity contribution >= 4 is 0 Å². The summed E-state index contributed by atoms with van der Waals surface area (Å²) in [6.07, 6.45) is 1.33. The maximum atomic E-state index is 5.39. The van der Waals surface area contributed by atoms with Gasteiger partial charge in [-0.3, -0.25) is 4.90 Å². The summed E-state index contributed by atoms with van der Waals surface area (Å²) in [5, 5.41) is 0. The largest absolute Gasteiger partial charge is 0.379 e. The lowest BCUT2D eigenvalue weighted by Crippen LogP contribution is -2.32. The van der Waals surface area contributed by atoms with Gasteiger partial charge in [0.1, 0.15) is 0 Å². The van der Waals surface area contributed by atoms with Crippen LogP contribution in [-0.4, -0.2) is 37.2 Å². The molecule has 0 N–H and O–H groups in total. The average Bonchev–Trinajstić information content (AvgIpc) is 2.41. The van der Waals surface area contributed by atoms with Crippen molar-refractivity contribution in [3.63, 3.8) is 0 Å². The van der Waals surface area contributed by atoms with Gasteiger partial charge in [0.05, 0.1) is 13.2 Å². The summed E-state index contributed by atoms with van der Waals surface area (Å²) in [6, 6.07) is 1.51. The first kappa shape index (κ1) is 6.62. The minimum absolute atomic E-state index is 0.731. The minimum atomic E-state index is 0.731. The molecule has 0 spiro atoms. The quantitative estimate of drug-likeness (QED) is 0.493. The van der Waals surface area contributed by atoms with Crippen molar-refractivity contribution in [2.45, 2.75) is 25.4 Å². The third-order valence-corrected chi connectivity index (χ3v) is 3.03. The average molecular weight is 141 g/mol. The fourth-order valence-electron chi connectivity index (χ4n) is 2.19. The summed E-state index contributed by atoms with van der Waals surface area (Å²) in [5.74, 6) is 0.833. The molecule has 2 fully saturated rings. The van der Waals surface area contributed by atoms with Crippen LogP contribution in [0.3, 0.4) is 0 Å². The lowest BCUT2D eigenvalue weighted by Gasteiger charge is -2.20. The number of fused-ring (bicyclic) bond motifs is 1.